The van der Waals surface area contributed by atoms with Crippen molar-refractivity contribution in [3.63, 3.8) is 0 Å². The van der Waals surface area contributed by atoms with Crippen LogP contribution in [0.4, 0.5) is 5.82 Å². The number of anilines is 1. The van der Waals surface area contributed by atoms with Gasteiger partial charge in [0.15, 0.2) is 5.16 Å². The zero-order chi connectivity index (χ0) is 21.0. The van der Waals surface area contributed by atoms with Gasteiger partial charge in [-0.15, -0.1) is 0 Å². The van der Waals surface area contributed by atoms with Gasteiger partial charge in [0.2, 0.25) is 11.6 Å². The molecule has 0 saturated carbocycles. The maximum Gasteiger partial charge on any atom is 0.256 e. The molecule has 0 spiro atoms. The van der Waals surface area contributed by atoms with Crippen molar-refractivity contribution in [2.75, 3.05) is 11.1 Å². The van der Waals surface area contributed by atoms with Crippen molar-refractivity contribution in [3.8, 4) is 0 Å². The molecule has 2 aromatic heterocycles. The van der Waals surface area contributed by atoms with E-state index in [4.69, 9.17) is 4.42 Å². The number of aromatic nitrogens is 2. The minimum atomic E-state index is -0.269. The van der Waals surface area contributed by atoms with Crippen molar-refractivity contribution >= 4 is 40.5 Å². The Balaban J connectivity index is 1.87. The van der Waals surface area contributed by atoms with E-state index in [0.29, 0.717) is 33.4 Å². The van der Waals surface area contributed by atoms with Crippen LogP contribution >= 0.6 is 11.8 Å². The lowest BCUT2D eigenvalue weighted by Crippen LogP contribution is -2.33. The highest BCUT2D eigenvalue weighted by atomic mass is 32.2. The maximum absolute atomic E-state index is 12.6. The van der Waals surface area contributed by atoms with Gasteiger partial charge in [-0.1, -0.05) is 36.9 Å². The number of benzene rings is 1. The summed E-state index contributed by atoms with van der Waals surface area (Å²) in [6.45, 7) is 7.70. The smallest absolute Gasteiger partial charge is 0.256 e. The van der Waals surface area contributed by atoms with Crippen LogP contribution in [0, 0.1) is 13.8 Å². The summed E-state index contributed by atoms with van der Waals surface area (Å²) in [6, 6.07) is 9.03. The Hall–Kier alpha value is -2.87. The van der Waals surface area contributed by atoms with Gasteiger partial charge < -0.3 is 15.1 Å². The van der Waals surface area contributed by atoms with E-state index >= 15 is 0 Å². The minimum absolute atomic E-state index is 0.0882. The first-order valence-electron chi connectivity index (χ1n) is 9.45. The van der Waals surface area contributed by atoms with E-state index in [1.165, 1.54) is 11.8 Å². The topological polar surface area (TPSA) is 97.1 Å². The van der Waals surface area contributed by atoms with Gasteiger partial charge >= 0.3 is 0 Å². The molecule has 7 nitrogen and oxygen atoms in total. The maximum atomic E-state index is 12.6. The van der Waals surface area contributed by atoms with E-state index in [1.54, 1.807) is 24.3 Å². The average molecular weight is 413 g/mol. The fourth-order valence-corrected chi connectivity index (χ4v) is 3.35. The molecule has 1 aromatic carbocycles. The van der Waals surface area contributed by atoms with Crippen molar-refractivity contribution in [2.24, 2.45) is 0 Å². The predicted molar refractivity (Wildman–Crippen MR) is 114 cm³/mol. The molecule has 3 aromatic rings. The number of amides is 2. The second-order valence-corrected chi connectivity index (χ2v) is 7.75. The summed E-state index contributed by atoms with van der Waals surface area (Å²) in [5.41, 5.74) is 1.79. The van der Waals surface area contributed by atoms with Gasteiger partial charge in [-0.25, -0.2) is 4.98 Å². The van der Waals surface area contributed by atoms with Crippen LogP contribution in [0.2, 0.25) is 0 Å². The van der Waals surface area contributed by atoms with Gasteiger partial charge in [0.25, 0.3) is 5.91 Å². The van der Waals surface area contributed by atoms with Crippen molar-refractivity contribution in [3.05, 3.63) is 47.2 Å². The number of nitrogens with zero attached hydrogens (tertiary/aromatic N) is 2. The van der Waals surface area contributed by atoms with Gasteiger partial charge in [-0.3, -0.25) is 9.59 Å². The van der Waals surface area contributed by atoms with Crippen LogP contribution in [0.3, 0.4) is 0 Å². The number of nitrogens with one attached hydrogen (secondary N) is 2. The van der Waals surface area contributed by atoms with Crippen LogP contribution in [0.25, 0.3) is 11.1 Å². The molecule has 0 radical (unpaired) electrons. The van der Waals surface area contributed by atoms with Crippen molar-refractivity contribution in [1.82, 2.24) is 15.3 Å². The van der Waals surface area contributed by atoms with E-state index in [1.807, 2.05) is 33.8 Å². The zero-order valence-electron chi connectivity index (χ0n) is 16.9. The van der Waals surface area contributed by atoms with Crippen LogP contribution in [0.5, 0.6) is 0 Å². The molecule has 0 aliphatic heterocycles. The van der Waals surface area contributed by atoms with Gasteiger partial charge in [0.1, 0.15) is 11.6 Å². The second kappa shape index (κ2) is 9.09. The molecule has 0 aliphatic rings. The summed E-state index contributed by atoms with van der Waals surface area (Å²) in [5.74, 6) is 0.911. The average Bonchev–Trinajstić information content (AvgIpc) is 3.00. The summed E-state index contributed by atoms with van der Waals surface area (Å²) in [7, 11) is 0. The van der Waals surface area contributed by atoms with E-state index in [-0.39, 0.29) is 23.6 Å². The first-order chi connectivity index (χ1) is 13.9. The fraction of sp³-hybridized carbons (Fsp3) is 0.333. The number of hydrogen-bond donors (Lipinski definition) is 2. The molecule has 0 bridgehead atoms. The highest BCUT2D eigenvalue weighted by Gasteiger charge is 2.19. The molecular weight excluding hydrogens is 388 g/mol. The van der Waals surface area contributed by atoms with Crippen LogP contribution in [0.15, 0.2) is 39.9 Å². The number of rotatable bonds is 7. The standard InChI is InChI=1S/C21H24N4O3S/c1-5-12(2)22-16(26)11-29-21-24-18(17-13(3)14(4)28-20(17)25-21)23-19(27)15-9-7-6-8-10-15/h6-10,12H,5,11H2,1-4H3,(H,22,26)(H,23,24,25,27)/t12-/m1/s1. The lowest BCUT2D eigenvalue weighted by molar-refractivity contribution is -0.119. The van der Waals surface area contributed by atoms with Crippen LogP contribution in [-0.2, 0) is 4.79 Å². The number of furan rings is 1. The lowest BCUT2D eigenvalue weighted by Gasteiger charge is -2.11. The third-order valence-electron chi connectivity index (χ3n) is 4.63. The van der Waals surface area contributed by atoms with E-state index in [9.17, 15) is 9.59 Å². The SMILES string of the molecule is CC[C@@H](C)NC(=O)CSc1nc(NC(=O)c2ccccc2)c2c(C)c(C)oc2n1. The summed E-state index contributed by atoms with van der Waals surface area (Å²) < 4.78 is 5.74. The molecule has 29 heavy (non-hydrogen) atoms. The van der Waals surface area contributed by atoms with Crippen LogP contribution < -0.4 is 10.6 Å². The molecule has 0 fully saturated rings. The van der Waals surface area contributed by atoms with Crippen LogP contribution in [-0.4, -0.2) is 33.6 Å². The first kappa shape index (κ1) is 20.9. The second-order valence-electron chi connectivity index (χ2n) is 6.80. The van der Waals surface area contributed by atoms with Crippen molar-refractivity contribution in [1.29, 1.82) is 0 Å². The molecule has 1 atom stereocenters. The van der Waals surface area contributed by atoms with Crippen LogP contribution in [0.1, 0.15) is 41.9 Å². The van der Waals surface area contributed by atoms with E-state index in [0.717, 1.165) is 12.0 Å². The summed E-state index contributed by atoms with van der Waals surface area (Å²) in [5, 5.41) is 6.81. The predicted octanol–water partition coefficient (Wildman–Crippen LogP) is 4.10. The Morgan fingerprint density at radius 3 is 2.59 bits per heavy atom. The van der Waals surface area contributed by atoms with Gasteiger partial charge in [-0.2, -0.15) is 4.98 Å². The Morgan fingerprint density at radius 1 is 1.17 bits per heavy atom. The molecule has 2 heterocycles. The monoisotopic (exact) mass is 412 g/mol. The fourth-order valence-electron chi connectivity index (χ4n) is 2.70. The highest BCUT2D eigenvalue weighted by molar-refractivity contribution is 7.99. The molecule has 3 rings (SSSR count). The number of thioether (sulfide) groups is 1. The number of carbonyl (C=O) groups is 2. The van der Waals surface area contributed by atoms with Gasteiger partial charge in [-0.05, 0) is 39.3 Å². The first-order valence-corrected chi connectivity index (χ1v) is 10.4. The summed E-state index contributed by atoms with van der Waals surface area (Å²) >= 11 is 1.20. The van der Waals surface area contributed by atoms with Crippen molar-refractivity contribution in [2.45, 2.75) is 45.3 Å². The van der Waals surface area contributed by atoms with E-state index < -0.39 is 0 Å². The van der Waals surface area contributed by atoms with E-state index in [2.05, 4.69) is 20.6 Å². The van der Waals surface area contributed by atoms with Gasteiger partial charge in [0, 0.05) is 17.2 Å². The third-order valence-corrected chi connectivity index (χ3v) is 5.48. The Morgan fingerprint density at radius 2 is 1.90 bits per heavy atom. The molecule has 2 amide bonds. The minimum Gasteiger partial charge on any atom is -0.443 e. The normalized spacial score (nSPS) is 12.0. The third kappa shape index (κ3) is 4.95. The molecular formula is C21H24N4O3S. The number of aryl methyl sites for hydroxylation is 2. The quantitative estimate of drug-likeness (QED) is 0.448. The number of hydrogen-bond acceptors (Lipinski definition) is 6. The molecule has 152 valence electrons. The Kier molecular flexibility index (Phi) is 6.53. The Bertz CT molecular complexity index is 1030. The largest absolute Gasteiger partial charge is 0.443 e. The molecule has 2 N–H and O–H groups in total. The number of fused-ring (bicyclic) bond motifs is 1. The molecule has 8 heteroatoms. The van der Waals surface area contributed by atoms with Crippen molar-refractivity contribution < 1.29 is 14.0 Å². The summed E-state index contributed by atoms with van der Waals surface area (Å²) in [6.07, 6.45) is 0.861. The highest BCUT2D eigenvalue weighted by Crippen LogP contribution is 2.31. The molecule has 0 aliphatic carbocycles. The summed E-state index contributed by atoms with van der Waals surface area (Å²) in [4.78, 5) is 33.6. The number of carbonyl (C=O) groups excluding carboxylic acids is 2. The zero-order valence-corrected chi connectivity index (χ0v) is 17.7. The van der Waals surface area contributed by atoms with Gasteiger partial charge in [0.05, 0.1) is 11.1 Å². The molecule has 0 unspecified atom stereocenters. The Labute approximate surface area is 173 Å². The lowest BCUT2D eigenvalue weighted by atomic mass is 10.2. The molecule has 0 saturated heterocycles.